The summed E-state index contributed by atoms with van der Waals surface area (Å²) < 4.78 is 5.57. The van der Waals surface area contributed by atoms with Crippen LogP contribution in [0.3, 0.4) is 0 Å². The summed E-state index contributed by atoms with van der Waals surface area (Å²) in [5.74, 6) is 0.248. The molecule has 0 aliphatic carbocycles. The molecule has 6 heteroatoms. The van der Waals surface area contributed by atoms with Gasteiger partial charge in [0.05, 0.1) is 25.4 Å². The van der Waals surface area contributed by atoms with Gasteiger partial charge in [0, 0.05) is 24.7 Å². The van der Waals surface area contributed by atoms with E-state index in [1.165, 1.54) is 0 Å². The summed E-state index contributed by atoms with van der Waals surface area (Å²) in [6.07, 6.45) is -0.616. The minimum absolute atomic E-state index is 0.0422. The van der Waals surface area contributed by atoms with Gasteiger partial charge in [-0.15, -0.1) is 0 Å². The van der Waals surface area contributed by atoms with Crippen LogP contribution in [0.15, 0.2) is 24.3 Å². The number of carbonyl (C=O) groups is 1. The van der Waals surface area contributed by atoms with E-state index in [4.69, 9.17) is 16.3 Å². The van der Waals surface area contributed by atoms with E-state index >= 15 is 0 Å². The number of nitrogens with one attached hydrogen (secondary N) is 1. The average molecular weight is 341 g/mol. The molecule has 0 saturated carbocycles. The fourth-order valence-corrected chi connectivity index (χ4v) is 3.00. The maximum Gasteiger partial charge on any atom is 0.237 e. The molecular weight excluding hydrogens is 316 g/mol. The second-order valence-corrected chi connectivity index (χ2v) is 6.71. The second kappa shape index (κ2) is 8.64. The van der Waals surface area contributed by atoms with Crippen molar-refractivity contribution in [3.8, 4) is 0 Å². The maximum absolute atomic E-state index is 12.0. The Balaban J connectivity index is 1.78. The van der Waals surface area contributed by atoms with Crippen LogP contribution in [0, 0.1) is 5.92 Å². The van der Waals surface area contributed by atoms with Gasteiger partial charge in [-0.05, 0) is 23.6 Å². The highest BCUT2D eigenvalue weighted by molar-refractivity contribution is 6.30. The molecule has 1 fully saturated rings. The molecule has 1 aromatic rings. The number of β-amino-alcohol motifs (C(OH)–C–C–N with tert-alkyl or cyclic N) is 1. The summed E-state index contributed by atoms with van der Waals surface area (Å²) in [4.78, 5) is 14.0. The van der Waals surface area contributed by atoms with Crippen LogP contribution in [0.25, 0.3) is 0 Å². The summed E-state index contributed by atoms with van der Waals surface area (Å²) >= 11 is 5.84. The molecule has 0 aromatic heterocycles. The Kier molecular flexibility index (Phi) is 6.84. The number of aliphatic hydroxyl groups is 1. The van der Waals surface area contributed by atoms with Crippen molar-refractivity contribution in [1.29, 1.82) is 0 Å². The number of rotatable bonds is 7. The minimum Gasteiger partial charge on any atom is -0.389 e. The number of piperazine rings is 1. The molecular formula is C17H25ClN2O3. The van der Waals surface area contributed by atoms with E-state index in [2.05, 4.69) is 5.32 Å². The fourth-order valence-electron chi connectivity index (χ4n) is 2.88. The number of nitrogens with zero attached hydrogens (tertiary/aromatic N) is 1. The Hall–Kier alpha value is -1.14. The molecule has 128 valence electrons. The van der Waals surface area contributed by atoms with E-state index in [9.17, 15) is 9.90 Å². The molecule has 1 saturated heterocycles. The molecule has 1 heterocycles. The van der Waals surface area contributed by atoms with Gasteiger partial charge in [-0.3, -0.25) is 9.69 Å². The first-order chi connectivity index (χ1) is 11.0. The van der Waals surface area contributed by atoms with E-state index in [0.717, 1.165) is 12.1 Å². The maximum atomic E-state index is 12.0. The number of hydrogen-bond donors (Lipinski definition) is 2. The number of carbonyl (C=O) groups excluding carboxylic acids is 1. The Morgan fingerprint density at radius 2 is 2.09 bits per heavy atom. The van der Waals surface area contributed by atoms with Gasteiger partial charge in [0.1, 0.15) is 0 Å². The smallest absolute Gasteiger partial charge is 0.237 e. The molecule has 1 amide bonds. The third kappa shape index (κ3) is 5.46. The Bertz CT molecular complexity index is 507. The van der Waals surface area contributed by atoms with E-state index < -0.39 is 6.10 Å². The highest BCUT2D eigenvalue weighted by atomic mass is 35.5. The SMILES string of the molecule is CC(C)C1C(=O)NCCN1CC(O)COCc1ccc(Cl)cc1. The summed E-state index contributed by atoms with van der Waals surface area (Å²) in [6, 6.07) is 7.25. The molecule has 1 aliphatic heterocycles. The first kappa shape index (κ1) is 18.2. The van der Waals surface area contributed by atoms with Crippen LogP contribution in [-0.4, -0.2) is 54.3 Å². The number of ether oxygens (including phenoxy) is 1. The van der Waals surface area contributed by atoms with E-state index in [0.29, 0.717) is 24.7 Å². The first-order valence-electron chi connectivity index (χ1n) is 7.99. The van der Waals surface area contributed by atoms with Crippen LogP contribution < -0.4 is 5.32 Å². The van der Waals surface area contributed by atoms with Gasteiger partial charge in [0.25, 0.3) is 0 Å². The molecule has 2 N–H and O–H groups in total. The van der Waals surface area contributed by atoms with Crippen molar-refractivity contribution in [3.05, 3.63) is 34.9 Å². The molecule has 2 rings (SSSR count). The zero-order chi connectivity index (χ0) is 16.8. The normalized spacial score (nSPS) is 20.6. The van der Waals surface area contributed by atoms with Crippen LogP contribution in [0.2, 0.25) is 5.02 Å². The number of amides is 1. The van der Waals surface area contributed by atoms with Gasteiger partial charge in [-0.1, -0.05) is 37.6 Å². The molecule has 1 aliphatic rings. The van der Waals surface area contributed by atoms with Gasteiger partial charge in [0.2, 0.25) is 5.91 Å². The molecule has 5 nitrogen and oxygen atoms in total. The summed E-state index contributed by atoms with van der Waals surface area (Å²) in [5, 5.41) is 13.8. The van der Waals surface area contributed by atoms with Crippen molar-refractivity contribution in [1.82, 2.24) is 10.2 Å². The van der Waals surface area contributed by atoms with E-state index in [1.807, 2.05) is 43.0 Å². The Morgan fingerprint density at radius 1 is 1.39 bits per heavy atom. The van der Waals surface area contributed by atoms with Gasteiger partial charge in [0.15, 0.2) is 0 Å². The van der Waals surface area contributed by atoms with Crippen LogP contribution >= 0.6 is 11.6 Å². The van der Waals surface area contributed by atoms with Crippen molar-refractivity contribution >= 4 is 17.5 Å². The van der Waals surface area contributed by atoms with E-state index in [1.54, 1.807) is 0 Å². The second-order valence-electron chi connectivity index (χ2n) is 6.27. The van der Waals surface area contributed by atoms with Crippen molar-refractivity contribution in [2.75, 3.05) is 26.2 Å². The third-order valence-electron chi connectivity index (χ3n) is 3.93. The minimum atomic E-state index is -0.616. The monoisotopic (exact) mass is 340 g/mol. The van der Waals surface area contributed by atoms with Crippen LogP contribution in [0.4, 0.5) is 0 Å². The van der Waals surface area contributed by atoms with Gasteiger partial charge < -0.3 is 15.2 Å². The lowest BCUT2D eigenvalue weighted by Gasteiger charge is -2.38. The van der Waals surface area contributed by atoms with Crippen LogP contribution in [-0.2, 0) is 16.1 Å². The van der Waals surface area contributed by atoms with E-state index in [-0.39, 0.29) is 24.5 Å². The lowest BCUT2D eigenvalue weighted by molar-refractivity contribution is -0.132. The summed E-state index contributed by atoms with van der Waals surface area (Å²) in [7, 11) is 0. The fraction of sp³-hybridized carbons (Fsp3) is 0.588. The predicted octanol–water partition coefficient (Wildman–Crippen LogP) is 1.67. The first-order valence-corrected chi connectivity index (χ1v) is 8.37. The van der Waals surface area contributed by atoms with Crippen molar-refractivity contribution in [2.24, 2.45) is 5.92 Å². The van der Waals surface area contributed by atoms with Crippen molar-refractivity contribution < 1.29 is 14.6 Å². The molecule has 2 unspecified atom stereocenters. The molecule has 0 spiro atoms. The molecule has 0 radical (unpaired) electrons. The number of hydrogen-bond acceptors (Lipinski definition) is 4. The van der Waals surface area contributed by atoms with Crippen molar-refractivity contribution in [2.45, 2.75) is 32.6 Å². The molecule has 2 atom stereocenters. The van der Waals surface area contributed by atoms with Crippen LogP contribution in [0.1, 0.15) is 19.4 Å². The highest BCUT2D eigenvalue weighted by Crippen LogP contribution is 2.15. The molecule has 23 heavy (non-hydrogen) atoms. The number of halogens is 1. The van der Waals surface area contributed by atoms with Crippen LogP contribution in [0.5, 0.6) is 0 Å². The summed E-state index contributed by atoms with van der Waals surface area (Å²) in [5.41, 5.74) is 1.01. The topological polar surface area (TPSA) is 61.8 Å². The van der Waals surface area contributed by atoms with Gasteiger partial charge in [-0.25, -0.2) is 0 Å². The molecule has 1 aromatic carbocycles. The lowest BCUT2D eigenvalue weighted by atomic mass is 9.99. The predicted molar refractivity (Wildman–Crippen MR) is 90.3 cm³/mol. The zero-order valence-corrected chi connectivity index (χ0v) is 14.4. The summed E-state index contributed by atoms with van der Waals surface area (Å²) in [6.45, 7) is 6.53. The average Bonchev–Trinajstić information content (AvgIpc) is 2.49. The standard InChI is InChI=1S/C17H25ClN2O3/c1-12(2)16-17(22)19-7-8-20(16)9-15(21)11-23-10-13-3-5-14(18)6-4-13/h3-6,12,15-16,21H,7-11H2,1-2H3,(H,19,22). The van der Waals surface area contributed by atoms with Gasteiger partial charge >= 0.3 is 0 Å². The largest absolute Gasteiger partial charge is 0.389 e. The van der Waals surface area contributed by atoms with Crippen molar-refractivity contribution in [3.63, 3.8) is 0 Å². The quantitative estimate of drug-likeness (QED) is 0.792. The van der Waals surface area contributed by atoms with Gasteiger partial charge in [-0.2, -0.15) is 0 Å². The third-order valence-corrected chi connectivity index (χ3v) is 4.18. The zero-order valence-electron chi connectivity index (χ0n) is 13.7. The number of benzene rings is 1. The Morgan fingerprint density at radius 3 is 2.74 bits per heavy atom. The highest BCUT2D eigenvalue weighted by Gasteiger charge is 2.32. The molecule has 0 bridgehead atoms. The number of aliphatic hydroxyl groups excluding tert-OH is 1. The lowest BCUT2D eigenvalue weighted by Crippen LogP contribution is -2.59. The Labute approximate surface area is 142 Å².